The summed E-state index contributed by atoms with van der Waals surface area (Å²) < 4.78 is 0. The van der Waals surface area contributed by atoms with E-state index < -0.39 is 0 Å². The predicted octanol–water partition coefficient (Wildman–Crippen LogP) is 3.35. The highest BCUT2D eigenvalue weighted by Crippen LogP contribution is 2.27. The summed E-state index contributed by atoms with van der Waals surface area (Å²) in [5.74, 6) is 0.728. The molecule has 0 radical (unpaired) electrons. The zero-order chi connectivity index (χ0) is 16.2. The van der Waals surface area contributed by atoms with E-state index in [9.17, 15) is 4.79 Å². The summed E-state index contributed by atoms with van der Waals surface area (Å²) in [5, 5.41) is 4.86. The van der Waals surface area contributed by atoms with Crippen molar-refractivity contribution < 1.29 is 4.79 Å². The van der Waals surface area contributed by atoms with E-state index in [0.717, 1.165) is 44.4 Å². The number of benzene rings is 1. The van der Waals surface area contributed by atoms with Gasteiger partial charge < -0.3 is 10.2 Å². The molecular formula is C18H22ClN3O. The van der Waals surface area contributed by atoms with E-state index in [1.165, 1.54) is 0 Å². The van der Waals surface area contributed by atoms with Crippen molar-refractivity contribution in [1.29, 1.82) is 0 Å². The first-order valence-corrected chi connectivity index (χ1v) is 8.61. The number of pyridine rings is 1. The van der Waals surface area contributed by atoms with E-state index in [1.54, 1.807) is 18.3 Å². The number of nitrogens with zero attached hydrogens (tertiary/aromatic N) is 2. The lowest BCUT2D eigenvalue weighted by molar-refractivity contribution is 0.0692. The van der Waals surface area contributed by atoms with Crippen LogP contribution in [0.4, 0.5) is 0 Å². The van der Waals surface area contributed by atoms with Gasteiger partial charge in [0.15, 0.2) is 0 Å². The van der Waals surface area contributed by atoms with E-state index in [2.05, 4.69) is 17.2 Å². The number of hydrogen-bond acceptors (Lipinski definition) is 3. The van der Waals surface area contributed by atoms with Crippen LogP contribution < -0.4 is 5.32 Å². The van der Waals surface area contributed by atoms with Crippen molar-refractivity contribution in [1.82, 2.24) is 15.2 Å². The number of aromatic nitrogens is 1. The van der Waals surface area contributed by atoms with Crippen molar-refractivity contribution >= 4 is 28.4 Å². The monoisotopic (exact) mass is 331 g/mol. The van der Waals surface area contributed by atoms with Crippen molar-refractivity contribution in [2.24, 2.45) is 5.92 Å². The van der Waals surface area contributed by atoms with Crippen LogP contribution >= 0.6 is 11.6 Å². The van der Waals surface area contributed by atoms with E-state index in [4.69, 9.17) is 11.6 Å². The molecule has 23 heavy (non-hydrogen) atoms. The molecule has 3 rings (SSSR count). The molecule has 1 N–H and O–H groups in total. The molecule has 122 valence electrons. The summed E-state index contributed by atoms with van der Waals surface area (Å²) >= 11 is 6.22. The third-order valence-corrected chi connectivity index (χ3v) is 4.86. The van der Waals surface area contributed by atoms with Crippen LogP contribution in [0.2, 0.25) is 5.02 Å². The molecule has 0 saturated carbocycles. The lowest BCUT2D eigenvalue weighted by Gasteiger charge is -2.32. The van der Waals surface area contributed by atoms with Gasteiger partial charge in [0.05, 0.1) is 16.1 Å². The molecule has 0 aliphatic carbocycles. The van der Waals surface area contributed by atoms with Crippen LogP contribution in [0.15, 0.2) is 30.5 Å². The predicted molar refractivity (Wildman–Crippen MR) is 93.9 cm³/mol. The van der Waals surface area contributed by atoms with Crippen molar-refractivity contribution in [3.8, 4) is 0 Å². The summed E-state index contributed by atoms with van der Waals surface area (Å²) in [7, 11) is 0. The average Bonchev–Trinajstić information content (AvgIpc) is 2.60. The zero-order valence-electron chi connectivity index (χ0n) is 13.4. The molecule has 1 aliphatic heterocycles. The van der Waals surface area contributed by atoms with Gasteiger partial charge in [0.25, 0.3) is 5.91 Å². The number of halogens is 1. The molecule has 5 heteroatoms. The van der Waals surface area contributed by atoms with E-state index in [1.807, 2.05) is 17.0 Å². The van der Waals surface area contributed by atoms with Crippen molar-refractivity contribution in [3.05, 3.63) is 41.0 Å². The minimum Gasteiger partial charge on any atom is -0.339 e. The highest BCUT2D eigenvalue weighted by Gasteiger charge is 2.25. The average molecular weight is 332 g/mol. The standard InChI is InChI=1S/C18H22ClN3O/c1-2-20-12-13-7-10-22(11-8-13)18(23)15-5-6-16(19)14-4-3-9-21-17(14)15/h3-6,9,13,20H,2,7-8,10-12H2,1H3. The molecule has 1 aliphatic rings. The van der Waals surface area contributed by atoms with Crippen molar-refractivity contribution in [2.75, 3.05) is 26.2 Å². The molecule has 1 fully saturated rings. The van der Waals surface area contributed by atoms with Crippen LogP contribution in [0.1, 0.15) is 30.1 Å². The van der Waals surface area contributed by atoms with E-state index in [-0.39, 0.29) is 5.91 Å². The second-order valence-corrected chi connectivity index (χ2v) is 6.44. The van der Waals surface area contributed by atoms with Gasteiger partial charge in [0.2, 0.25) is 0 Å². The normalized spacial score (nSPS) is 16.0. The van der Waals surface area contributed by atoms with Crippen LogP contribution in [-0.2, 0) is 0 Å². The second-order valence-electron chi connectivity index (χ2n) is 6.04. The van der Waals surface area contributed by atoms with Crippen molar-refractivity contribution in [2.45, 2.75) is 19.8 Å². The minimum absolute atomic E-state index is 0.0623. The summed E-state index contributed by atoms with van der Waals surface area (Å²) in [6.45, 7) is 5.79. The number of fused-ring (bicyclic) bond motifs is 1. The Kier molecular flexibility index (Phi) is 5.13. The van der Waals surface area contributed by atoms with Gasteiger partial charge in [-0.05, 0) is 56.1 Å². The zero-order valence-corrected chi connectivity index (χ0v) is 14.1. The Morgan fingerprint density at radius 2 is 2.13 bits per heavy atom. The molecule has 2 aromatic rings. The maximum atomic E-state index is 12.9. The fourth-order valence-electron chi connectivity index (χ4n) is 3.17. The molecule has 0 unspecified atom stereocenters. The molecule has 1 aromatic heterocycles. The number of nitrogens with one attached hydrogen (secondary N) is 1. The smallest absolute Gasteiger partial charge is 0.256 e. The van der Waals surface area contributed by atoms with Crippen LogP contribution in [-0.4, -0.2) is 42.0 Å². The number of hydrogen-bond donors (Lipinski definition) is 1. The molecule has 0 spiro atoms. The van der Waals surface area contributed by atoms with Gasteiger partial charge in [-0.1, -0.05) is 18.5 Å². The van der Waals surface area contributed by atoms with Gasteiger partial charge in [0, 0.05) is 24.7 Å². The number of rotatable bonds is 4. The van der Waals surface area contributed by atoms with Gasteiger partial charge in [-0.25, -0.2) is 0 Å². The molecule has 0 atom stereocenters. The lowest BCUT2D eigenvalue weighted by Crippen LogP contribution is -2.40. The van der Waals surface area contributed by atoms with Crippen LogP contribution in [0.25, 0.3) is 10.9 Å². The van der Waals surface area contributed by atoms with Gasteiger partial charge in [-0.3, -0.25) is 9.78 Å². The van der Waals surface area contributed by atoms with Crippen molar-refractivity contribution in [3.63, 3.8) is 0 Å². The number of carbonyl (C=O) groups is 1. The molecule has 2 heterocycles. The Labute approximate surface area is 141 Å². The fourth-order valence-corrected chi connectivity index (χ4v) is 3.38. The largest absolute Gasteiger partial charge is 0.339 e. The lowest BCUT2D eigenvalue weighted by atomic mass is 9.96. The third-order valence-electron chi connectivity index (χ3n) is 4.53. The second kappa shape index (κ2) is 7.28. The first kappa shape index (κ1) is 16.2. The van der Waals surface area contributed by atoms with Gasteiger partial charge >= 0.3 is 0 Å². The molecule has 1 saturated heterocycles. The summed E-state index contributed by atoms with van der Waals surface area (Å²) in [4.78, 5) is 19.2. The van der Waals surface area contributed by atoms with E-state index in [0.29, 0.717) is 22.0 Å². The summed E-state index contributed by atoms with van der Waals surface area (Å²) in [6.07, 6.45) is 3.81. The highest BCUT2D eigenvalue weighted by atomic mass is 35.5. The number of amides is 1. The van der Waals surface area contributed by atoms with Crippen LogP contribution in [0.5, 0.6) is 0 Å². The Morgan fingerprint density at radius 3 is 2.87 bits per heavy atom. The molecule has 1 aromatic carbocycles. The van der Waals surface area contributed by atoms with Crippen LogP contribution in [0.3, 0.4) is 0 Å². The maximum absolute atomic E-state index is 12.9. The Balaban J connectivity index is 1.76. The fraction of sp³-hybridized carbons (Fsp3) is 0.444. The molecule has 0 bridgehead atoms. The van der Waals surface area contributed by atoms with E-state index >= 15 is 0 Å². The first-order valence-electron chi connectivity index (χ1n) is 8.24. The molecular weight excluding hydrogens is 310 g/mol. The Morgan fingerprint density at radius 1 is 1.35 bits per heavy atom. The Hall–Kier alpha value is -1.65. The molecule has 4 nitrogen and oxygen atoms in total. The number of carbonyl (C=O) groups excluding carboxylic acids is 1. The topological polar surface area (TPSA) is 45.2 Å². The number of likely N-dealkylation sites (tertiary alicyclic amines) is 1. The van der Waals surface area contributed by atoms with Gasteiger partial charge in [0.1, 0.15) is 0 Å². The van der Waals surface area contributed by atoms with Crippen LogP contribution in [0, 0.1) is 5.92 Å². The molecule has 1 amide bonds. The quantitative estimate of drug-likeness (QED) is 0.934. The summed E-state index contributed by atoms with van der Waals surface area (Å²) in [6, 6.07) is 7.33. The maximum Gasteiger partial charge on any atom is 0.256 e. The summed E-state index contributed by atoms with van der Waals surface area (Å²) in [5.41, 5.74) is 1.34. The number of piperidine rings is 1. The SMILES string of the molecule is CCNCC1CCN(C(=O)c2ccc(Cl)c3cccnc23)CC1. The minimum atomic E-state index is 0.0623. The highest BCUT2D eigenvalue weighted by molar-refractivity contribution is 6.36. The van der Waals surface area contributed by atoms with Gasteiger partial charge in [-0.2, -0.15) is 0 Å². The third kappa shape index (κ3) is 3.48. The Bertz CT molecular complexity index is 696. The first-order chi connectivity index (χ1) is 11.2. The van der Waals surface area contributed by atoms with Gasteiger partial charge in [-0.15, -0.1) is 0 Å².